The summed E-state index contributed by atoms with van der Waals surface area (Å²) in [4.78, 5) is 38.9. The molecule has 2 fully saturated rings. The van der Waals surface area contributed by atoms with E-state index in [9.17, 15) is 14.4 Å². The summed E-state index contributed by atoms with van der Waals surface area (Å²) in [5, 5.41) is 2.65. The molecule has 1 unspecified atom stereocenters. The molecular weight excluding hydrogens is 270 g/mol. The van der Waals surface area contributed by atoms with Crippen molar-refractivity contribution in [1.82, 2.24) is 15.1 Å². The lowest BCUT2D eigenvalue weighted by Gasteiger charge is -2.32. The molecule has 0 radical (unpaired) electrons. The quantitative estimate of drug-likeness (QED) is 0.815. The van der Waals surface area contributed by atoms with E-state index in [0.717, 1.165) is 12.8 Å². The summed E-state index contributed by atoms with van der Waals surface area (Å²) in [6, 6.07) is 0.310. The lowest BCUT2D eigenvalue weighted by molar-refractivity contribution is -0.142. The second kappa shape index (κ2) is 6.91. The van der Waals surface area contributed by atoms with Crippen molar-refractivity contribution >= 4 is 17.7 Å². The summed E-state index contributed by atoms with van der Waals surface area (Å²) >= 11 is 0. The fraction of sp³-hybridized carbons (Fsp3) is 0.800. The molecule has 0 aromatic heterocycles. The second-order valence-electron chi connectivity index (χ2n) is 6.20. The number of nitrogens with one attached hydrogen (secondary N) is 1. The van der Waals surface area contributed by atoms with Gasteiger partial charge in [0.15, 0.2) is 0 Å². The predicted octanol–water partition coefficient (Wildman–Crippen LogP) is 0.372. The van der Waals surface area contributed by atoms with E-state index in [1.54, 1.807) is 11.9 Å². The minimum Gasteiger partial charge on any atom is -0.355 e. The van der Waals surface area contributed by atoms with Crippen molar-refractivity contribution in [2.45, 2.75) is 44.6 Å². The summed E-state index contributed by atoms with van der Waals surface area (Å²) < 4.78 is 0. The van der Waals surface area contributed by atoms with E-state index in [4.69, 9.17) is 0 Å². The van der Waals surface area contributed by atoms with Gasteiger partial charge in [-0.15, -0.1) is 0 Å². The van der Waals surface area contributed by atoms with Gasteiger partial charge in [0.05, 0.1) is 12.5 Å². The molecular formula is C15H25N3O3. The number of hydrogen-bond acceptors (Lipinski definition) is 3. The fourth-order valence-corrected chi connectivity index (χ4v) is 3.16. The van der Waals surface area contributed by atoms with Crippen LogP contribution in [0.1, 0.15) is 38.5 Å². The zero-order chi connectivity index (χ0) is 15.4. The van der Waals surface area contributed by atoms with Crippen LogP contribution in [0.5, 0.6) is 0 Å². The number of amides is 3. The molecule has 0 aromatic rings. The summed E-state index contributed by atoms with van der Waals surface area (Å²) in [5.74, 6) is -0.559. The Morgan fingerprint density at radius 3 is 2.43 bits per heavy atom. The molecule has 1 saturated heterocycles. The fourth-order valence-electron chi connectivity index (χ4n) is 3.16. The number of carbonyl (C=O) groups excluding carboxylic acids is 3. The normalized spacial score (nSPS) is 22.8. The van der Waals surface area contributed by atoms with Crippen LogP contribution >= 0.6 is 0 Å². The lowest BCUT2D eigenvalue weighted by atomic mass is 9.94. The standard InChI is InChI=1S/C15H25N3O3/c1-17(15(21)11-8-13(19)16-9-11)10-14(20)18(2)12-6-4-3-5-7-12/h11-12H,3-10H2,1-2H3,(H,16,19). The van der Waals surface area contributed by atoms with Gasteiger partial charge < -0.3 is 15.1 Å². The van der Waals surface area contributed by atoms with Gasteiger partial charge in [-0.3, -0.25) is 14.4 Å². The first-order valence-electron chi connectivity index (χ1n) is 7.76. The number of nitrogens with zero attached hydrogens (tertiary/aromatic N) is 2. The lowest BCUT2D eigenvalue weighted by Crippen LogP contribution is -2.45. The van der Waals surface area contributed by atoms with E-state index in [-0.39, 0.29) is 36.6 Å². The monoisotopic (exact) mass is 295 g/mol. The van der Waals surface area contributed by atoms with Crippen LogP contribution in [-0.4, -0.2) is 60.7 Å². The average molecular weight is 295 g/mol. The first kappa shape index (κ1) is 15.8. The van der Waals surface area contributed by atoms with Crippen LogP contribution in [0.25, 0.3) is 0 Å². The maximum Gasteiger partial charge on any atom is 0.242 e. The molecule has 1 N–H and O–H groups in total. The Morgan fingerprint density at radius 2 is 1.86 bits per heavy atom. The van der Waals surface area contributed by atoms with Crippen LogP contribution in [0.4, 0.5) is 0 Å². The van der Waals surface area contributed by atoms with E-state index in [1.165, 1.54) is 24.2 Å². The van der Waals surface area contributed by atoms with E-state index in [2.05, 4.69) is 5.32 Å². The molecule has 1 heterocycles. The highest BCUT2D eigenvalue weighted by Crippen LogP contribution is 2.21. The molecule has 21 heavy (non-hydrogen) atoms. The van der Waals surface area contributed by atoms with Crippen molar-refractivity contribution in [2.75, 3.05) is 27.2 Å². The van der Waals surface area contributed by atoms with Crippen LogP contribution in [-0.2, 0) is 14.4 Å². The van der Waals surface area contributed by atoms with E-state index in [0.29, 0.717) is 12.6 Å². The zero-order valence-electron chi connectivity index (χ0n) is 12.9. The molecule has 1 aliphatic carbocycles. The number of hydrogen-bond donors (Lipinski definition) is 1. The number of likely N-dealkylation sites (N-methyl/N-ethyl adjacent to an activating group) is 2. The Bertz CT molecular complexity index is 418. The third-order valence-corrected chi connectivity index (χ3v) is 4.59. The van der Waals surface area contributed by atoms with Crippen molar-refractivity contribution in [1.29, 1.82) is 0 Å². The van der Waals surface area contributed by atoms with Crippen LogP contribution in [0.15, 0.2) is 0 Å². The van der Waals surface area contributed by atoms with Crippen molar-refractivity contribution in [3.63, 3.8) is 0 Å². The van der Waals surface area contributed by atoms with Crippen molar-refractivity contribution in [3.05, 3.63) is 0 Å². The number of carbonyl (C=O) groups is 3. The Labute approximate surface area is 125 Å². The van der Waals surface area contributed by atoms with Gasteiger partial charge in [0.25, 0.3) is 0 Å². The average Bonchev–Trinajstić information content (AvgIpc) is 2.93. The molecule has 1 aliphatic heterocycles. The molecule has 2 aliphatic rings. The molecule has 118 valence electrons. The Morgan fingerprint density at radius 1 is 1.19 bits per heavy atom. The predicted molar refractivity (Wildman–Crippen MR) is 78.4 cm³/mol. The van der Waals surface area contributed by atoms with E-state index < -0.39 is 0 Å². The van der Waals surface area contributed by atoms with Crippen molar-refractivity contribution in [3.8, 4) is 0 Å². The van der Waals surface area contributed by atoms with Gasteiger partial charge in [0.1, 0.15) is 0 Å². The third-order valence-electron chi connectivity index (χ3n) is 4.59. The van der Waals surface area contributed by atoms with Gasteiger partial charge in [-0.05, 0) is 12.8 Å². The summed E-state index contributed by atoms with van der Waals surface area (Å²) in [6.45, 7) is 0.477. The molecule has 3 amide bonds. The van der Waals surface area contributed by atoms with E-state index >= 15 is 0 Å². The molecule has 1 atom stereocenters. The van der Waals surface area contributed by atoms with Gasteiger partial charge in [-0.1, -0.05) is 19.3 Å². The molecule has 6 heteroatoms. The second-order valence-corrected chi connectivity index (χ2v) is 6.20. The summed E-state index contributed by atoms with van der Waals surface area (Å²) in [5.41, 5.74) is 0. The highest BCUT2D eigenvalue weighted by Gasteiger charge is 2.31. The molecule has 0 spiro atoms. The van der Waals surface area contributed by atoms with Crippen LogP contribution in [0.3, 0.4) is 0 Å². The molecule has 0 aromatic carbocycles. The molecule has 0 bridgehead atoms. The number of rotatable bonds is 4. The van der Waals surface area contributed by atoms with Crippen molar-refractivity contribution < 1.29 is 14.4 Å². The molecule has 1 saturated carbocycles. The van der Waals surface area contributed by atoms with Gasteiger partial charge in [0.2, 0.25) is 17.7 Å². The SMILES string of the molecule is CN(CC(=O)N(C)C1CCCCC1)C(=O)C1CNC(=O)C1. The third kappa shape index (κ3) is 3.95. The topological polar surface area (TPSA) is 69.7 Å². The zero-order valence-corrected chi connectivity index (χ0v) is 12.9. The van der Waals surface area contributed by atoms with Gasteiger partial charge in [0, 0.05) is 33.1 Å². The minimum absolute atomic E-state index is 0.0185. The summed E-state index contributed by atoms with van der Waals surface area (Å²) in [7, 11) is 3.47. The molecule has 2 rings (SSSR count). The van der Waals surface area contributed by atoms with E-state index in [1.807, 2.05) is 7.05 Å². The van der Waals surface area contributed by atoms with Gasteiger partial charge >= 0.3 is 0 Å². The Hall–Kier alpha value is -1.59. The highest BCUT2D eigenvalue weighted by molar-refractivity contribution is 5.91. The highest BCUT2D eigenvalue weighted by atomic mass is 16.2. The van der Waals surface area contributed by atoms with Crippen LogP contribution < -0.4 is 5.32 Å². The maximum absolute atomic E-state index is 12.3. The first-order valence-corrected chi connectivity index (χ1v) is 7.76. The smallest absolute Gasteiger partial charge is 0.242 e. The van der Waals surface area contributed by atoms with Gasteiger partial charge in [-0.2, -0.15) is 0 Å². The maximum atomic E-state index is 12.3. The van der Waals surface area contributed by atoms with Gasteiger partial charge in [-0.25, -0.2) is 0 Å². The summed E-state index contributed by atoms with van der Waals surface area (Å²) in [6.07, 6.45) is 5.94. The van der Waals surface area contributed by atoms with Crippen LogP contribution in [0, 0.1) is 5.92 Å². The Balaban J connectivity index is 1.83. The first-order chi connectivity index (χ1) is 9.99. The van der Waals surface area contributed by atoms with Crippen molar-refractivity contribution in [2.24, 2.45) is 5.92 Å². The largest absolute Gasteiger partial charge is 0.355 e. The Kier molecular flexibility index (Phi) is 5.20. The molecule has 6 nitrogen and oxygen atoms in total. The van der Waals surface area contributed by atoms with Crippen LogP contribution in [0.2, 0.25) is 0 Å². The minimum atomic E-state index is -0.324.